The van der Waals surface area contributed by atoms with Crippen molar-refractivity contribution in [1.82, 2.24) is 19.8 Å². The summed E-state index contributed by atoms with van der Waals surface area (Å²) in [5.74, 6) is 1.31. The highest BCUT2D eigenvalue weighted by Gasteiger charge is 2.61. The minimum atomic E-state index is -0.231. The number of benzene rings is 1. The van der Waals surface area contributed by atoms with E-state index in [0.717, 1.165) is 48.8 Å². The fourth-order valence-electron chi connectivity index (χ4n) is 5.67. The van der Waals surface area contributed by atoms with Crippen LogP contribution in [0.15, 0.2) is 60.0 Å². The molecule has 29 heavy (non-hydrogen) atoms. The molecule has 0 saturated heterocycles. The Kier molecular flexibility index (Phi) is 3.63. The van der Waals surface area contributed by atoms with Gasteiger partial charge in [0.2, 0.25) is 5.91 Å². The number of amides is 1. The maximum atomic E-state index is 13.5. The molecule has 2 atom stereocenters. The molecule has 4 aliphatic rings. The van der Waals surface area contributed by atoms with E-state index in [1.807, 2.05) is 36.7 Å². The molecule has 3 aromatic rings. The molecule has 7 rings (SSSR count). The molecule has 1 aliphatic heterocycles. The van der Waals surface area contributed by atoms with Crippen molar-refractivity contribution >= 4 is 23.2 Å². The van der Waals surface area contributed by atoms with Crippen molar-refractivity contribution in [2.24, 2.45) is 22.4 Å². The first kappa shape index (κ1) is 16.9. The zero-order valence-corrected chi connectivity index (χ0v) is 16.2. The highest BCUT2D eigenvalue weighted by atomic mass is 16.2. The molecule has 3 fully saturated rings. The Balaban J connectivity index is 1.20. The van der Waals surface area contributed by atoms with Crippen molar-refractivity contribution < 1.29 is 4.79 Å². The number of rotatable bonds is 4. The van der Waals surface area contributed by atoms with E-state index in [9.17, 15) is 4.79 Å². The maximum Gasteiger partial charge on any atom is 0.249 e. The summed E-state index contributed by atoms with van der Waals surface area (Å²) in [7, 11) is 0. The van der Waals surface area contributed by atoms with Gasteiger partial charge in [0.25, 0.3) is 0 Å². The van der Waals surface area contributed by atoms with Crippen LogP contribution < -0.4 is 0 Å². The normalized spacial score (nSPS) is 30.1. The lowest BCUT2D eigenvalue weighted by Crippen LogP contribution is -2.44. The summed E-state index contributed by atoms with van der Waals surface area (Å²) in [6, 6.07) is 14.3. The van der Waals surface area contributed by atoms with Gasteiger partial charge in [-0.3, -0.25) is 14.5 Å². The first-order valence-corrected chi connectivity index (χ1v) is 10.4. The lowest BCUT2D eigenvalue weighted by molar-refractivity contribution is -0.148. The number of fused-ring (bicyclic) bond motifs is 2. The van der Waals surface area contributed by atoms with E-state index in [4.69, 9.17) is 0 Å². The molecular weight excluding hydrogens is 362 g/mol. The second-order valence-electron chi connectivity index (χ2n) is 8.76. The molecule has 3 aliphatic carbocycles. The number of pyridine rings is 1. The van der Waals surface area contributed by atoms with Gasteiger partial charge in [-0.15, -0.1) is 0 Å². The van der Waals surface area contributed by atoms with Crippen LogP contribution in [0.25, 0.3) is 11.0 Å². The van der Waals surface area contributed by atoms with Gasteiger partial charge in [0.15, 0.2) is 0 Å². The number of hydrogen-bond donors (Lipinski definition) is 0. The van der Waals surface area contributed by atoms with Crippen molar-refractivity contribution in [3.05, 3.63) is 60.4 Å². The number of carbonyl (C=O) groups excluding carboxylic acids is 1. The quantitative estimate of drug-likeness (QED) is 0.686. The van der Waals surface area contributed by atoms with Gasteiger partial charge in [-0.1, -0.05) is 30.3 Å². The third kappa shape index (κ3) is 2.55. The Morgan fingerprint density at radius 1 is 1.10 bits per heavy atom. The van der Waals surface area contributed by atoms with E-state index < -0.39 is 0 Å². The summed E-state index contributed by atoms with van der Waals surface area (Å²) in [5, 5.41) is 10.8. The smallest absolute Gasteiger partial charge is 0.249 e. The highest BCUT2D eigenvalue weighted by Crippen LogP contribution is 2.63. The molecule has 0 N–H and O–H groups in total. The van der Waals surface area contributed by atoms with Gasteiger partial charge in [0, 0.05) is 25.4 Å². The van der Waals surface area contributed by atoms with Crippen LogP contribution in [0.5, 0.6) is 0 Å². The molecular formula is C23H23N5O. The van der Waals surface area contributed by atoms with Gasteiger partial charge in [-0.2, -0.15) is 10.2 Å². The number of nitrogens with zero attached hydrogens (tertiary/aromatic N) is 5. The Morgan fingerprint density at radius 2 is 1.97 bits per heavy atom. The molecule has 1 amide bonds. The SMILES string of the molecule is O=C(N1N=CCC1c1ccccc1)C12CC(Cn3ncc4ncccc43)C(C1)C2. The van der Waals surface area contributed by atoms with Crippen molar-refractivity contribution in [3.63, 3.8) is 0 Å². The third-order valence-electron chi connectivity index (χ3n) is 7.12. The molecule has 0 spiro atoms. The third-order valence-corrected chi connectivity index (χ3v) is 7.12. The molecule has 1 aromatic carbocycles. The molecule has 3 saturated carbocycles. The van der Waals surface area contributed by atoms with Gasteiger partial charge in [0.1, 0.15) is 5.52 Å². The van der Waals surface area contributed by atoms with Crippen LogP contribution in [-0.4, -0.2) is 31.9 Å². The lowest BCUT2D eigenvalue weighted by Gasteiger charge is -2.40. The van der Waals surface area contributed by atoms with Crippen LogP contribution in [0.1, 0.15) is 37.3 Å². The molecule has 6 nitrogen and oxygen atoms in total. The average molecular weight is 385 g/mol. The molecule has 2 unspecified atom stereocenters. The summed E-state index contributed by atoms with van der Waals surface area (Å²) in [5.41, 5.74) is 2.94. The largest absolute Gasteiger partial charge is 0.272 e. The predicted octanol–water partition coefficient (Wildman–Crippen LogP) is 3.81. The van der Waals surface area contributed by atoms with Gasteiger partial charge in [-0.05, 0) is 48.8 Å². The molecule has 0 radical (unpaired) electrons. The van der Waals surface area contributed by atoms with Crippen LogP contribution >= 0.6 is 0 Å². The van der Waals surface area contributed by atoms with Crippen molar-refractivity contribution in [2.75, 3.05) is 0 Å². The summed E-state index contributed by atoms with van der Waals surface area (Å²) < 4.78 is 2.06. The van der Waals surface area contributed by atoms with E-state index in [-0.39, 0.29) is 17.4 Å². The standard InChI is InChI=1S/C23H23N5O/c29-22(28-20(8-10-25-28)16-5-2-1-3-6-16)23-11-17(12-23)18(13-23)15-27-21-7-4-9-24-19(21)14-26-27/h1-7,9-10,14,17-18,20H,8,11-13,15H2. The van der Waals surface area contributed by atoms with Crippen LogP contribution in [0, 0.1) is 17.3 Å². The second kappa shape index (κ2) is 6.24. The Hall–Kier alpha value is -3.02. The van der Waals surface area contributed by atoms with Gasteiger partial charge >= 0.3 is 0 Å². The molecule has 146 valence electrons. The lowest BCUT2D eigenvalue weighted by atomic mass is 9.68. The minimum Gasteiger partial charge on any atom is -0.272 e. The molecule has 2 aromatic heterocycles. The predicted molar refractivity (Wildman–Crippen MR) is 110 cm³/mol. The fraction of sp³-hybridized carbons (Fsp3) is 0.391. The number of hydrogen-bond acceptors (Lipinski definition) is 4. The van der Waals surface area contributed by atoms with Crippen LogP contribution in [0.2, 0.25) is 0 Å². The van der Waals surface area contributed by atoms with E-state index in [2.05, 4.69) is 38.1 Å². The Labute approximate surface area is 169 Å². The zero-order chi connectivity index (χ0) is 19.4. The van der Waals surface area contributed by atoms with Crippen LogP contribution in [0.4, 0.5) is 0 Å². The van der Waals surface area contributed by atoms with E-state index >= 15 is 0 Å². The van der Waals surface area contributed by atoms with Crippen molar-refractivity contribution in [1.29, 1.82) is 0 Å². The molecule has 6 heteroatoms. The summed E-state index contributed by atoms with van der Waals surface area (Å²) in [4.78, 5) is 17.9. The number of carbonyl (C=O) groups is 1. The minimum absolute atomic E-state index is 0.0392. The number of hydrazone groups is 1. The van der Waals surface area contributed by atoms with E-state index in [1.165, 1.54) is 0 Å². The van der Waals surface area contributed by atoms with Gasteiger partial charge in [0.05, 0.1) is 23.2 Å². The first-order chi connectivity index (χ1) is 14.2. The van der Waals surface area contributed by atoms with Crippen molar-refractivity contribution in [3.8, 4) is 0 Å². The Bertz CT molecular complexity index is 1100. The fourth-order valence-corrected chi connectivity index (χ4v) is 5.67. The first-order valence-electron chi connectivity index (χ1n) is 10.4. The van der Waals surface area contributed by atoms with Crippen molar-refractivity contribution in [2.45, 2.75) is 38.3 Å². The van der Waals surface area contributed by atoms with Crippen LogP contribution in [0.3, 0.4) is 0 Å². The average Bonchev–Trinajstić information content (AvgIpc) is 3.50. The topological polar surface area (TPSA) is 63.4 Å². The van der Waals surface area contributed by atoms with E-state index in [0.29, 0.717) is 11.8 Å². The summed E-state index contributed by atoms with van der Waals surface area (Å²) >= 11 is 0. The van der Waals surface area contributed by atoms with Gasteiger partial charge < -0.3 is 0 Å². The molecule has 3 heterocycles. The van der Waals surface area contributed by atoms with Crippen LogP contribution in [-0.2, 0) is 11.3 Å². The Morgan fingerprint density at radius 3 is 2.83 bits per heavy atom. The maximum absolute atomic E-state index is 13.5. The monoisotopic (exact) mass is 385 g/mol. The zero-order valence-electron chi connectivity index (χ0n) is 16.2. The highest BCUT2D eigenvalue weighted by molar-refractivity contribution is 5.86. The van der Waals surface area contributed by atoms with E-state index in [1.54, 1.807) is 11.2 Å². The summed E-state index contributed by atoms with van der Waals surface area (Å²) in [6.07, 6.45) is 9.23. The van der Waals surface area contributed by atoms with Gasteiger partial charge in [-0.25, -0.2) is 5.01 Å². The number of aromatic nitrogens is 3. The second-order valence-corrected chi connectivity index (χ2v) is 8.76. The summed E-state index contributed by atoms with van der Waals surface area (Å²) in [6.45, 7) is 0.861. The molecule has 2 bridgehead atoms.